The lowest BCUT2D eigenvalue weighted by molar-refractivity contribution is 0.597. The van der Waals surface area contributed by atoms with E-state index >= 15 is 0 Å². The minimum atomic E-state index is -3.26. The lowest BCUT2D eigenvalue weighted by Crippen LogP contribution is -2.03. The second-order valence-corrected chi connectivity index (χ2v) is 7.56. The van der Waals surface area contributed by atoms with Crippen molar-refractivity contribution in [2.75, 3.05) is 5.73 Å². The summed E-state index contributed by atoms with van der Waals surface area (Å²) < 4.78 is 25.2. The van der Waals surface area contributed by atoms with Gasteiger partial charge in [-0.25, -0.2) is 8.42 Å². The summed E-state index contributed by atoms with van der Waals surface area (Å²) in [6, 6.07) is 8.48. The van der Waals surface area contributed by atoms with E-state index in [1.54, 1.807) is 35.7 Å². The van der Waals surface area contributed by atoms with E-state index in [4.69, 9.17) is 5.73 Å². The first-order valence-electron chi connectivity index (χ1n) is 4.79. The largest absolute Gasteiger partial charge is 0.399 e. The molecule has 0 saturated carbocycles. The highest BCUT2D eigenvalue weighted by Crippen LogP contribution is 2.26. The third-order valence-corrected chi connectivity index (χ3v) is 6.11. The zero-order valence-electron chi connectivity index (χ0n) is 8.76. The summed E-state index contributed by atoms with van der Waals surface area (Å²) in [7, 11) is -3.26. The van der Waals surface area contributed by atoms with E-state index in [9.17, 15) is 8.42 Å². The summed E-state index contributed by atoms with van der Waals surface area (Å²) >= 11 is 4.55. The number of sulfone groups is 1. The Bertz CT molecular complexity index is 621. The molecule has 6 heteroatoms. The van der Waals surface area contributed by atoms with Crippen LogP contribution in [0.1, 0.15) is 5.56 Å². The number of hydrogen-bond acceptors (Lipinski definition) is 4. The highest BCUT2D eigenvalue weighted by molar-refractivity contribution is 9.10. The maximum absolute atomic E-state index is 12.1. The molecule has 2 aromatic rings. The van der Waals surface area contributed by atoms with Gasteiger partial charge in [-0.2, -0.15) is 0 Å². The molecule has 0 amide bonds. The van der Waals surface area contributed by atoms with Crippen LogP contribution in [0, 0.1) is 0 Å². The van der Waals surface area contributed by atoms with Crippen molar-refractivity contribution in [3.63, 3.8) is 0 Å². The predicted octanol–water partition coefficient (Wildman–Crippen LogP) is 3.07. The van der Waals surface area contributed by atoms with Gasteiger partial charge in [0.15, 0.2) is 9.84 Å². The Morgan fingerprint density at radius 2 is 2.06 bits per heavy atom. The third kappa shape index (κ3) is 2.88. The average molecular weight is 332 g/mol. The lowest BCUT2D eigenvalue weighted by atomic mass is 10.2. The van der Waals surface area contributed by atoms with Gasteiger partial charge < -0.3 is 5.73 Å². The number of anilines is 1. The minimum absolute atomic E-state index is 0.0195. The van der Waals surface area contributed by atoms with Crippen molar-refractivity contribution < 1.29 is 8.42 Å². The smallest absolute Gasteiger partial charge is 0.191 e. The van der Waals surface area contributed by atoms with Gasteiger partial charge >= 0.3 is 0 Å². The molecule has 0 saturated heterocycles. The fraction of sp³-hybridized carbons (Fsp3) is 0.0909. The molecule has 2 N–H and O–H groups in total. The van der Waals surface area contributed by atoms with E-state index in [1.807, 2.05) is 0 Å². The molecule has 0 radical (unpaired) electrons. The molecule has 90 valence electrons. The molecule has 1 heterocycles. The van der Waals surface area contributed by atoms with Gasteiger partial charge in [-0.1, -0.05) is 28.1 Å². The molecule has 1 aromatic carbocycles. The molecule has 0 spiro atoms. The molecule has 0 fully saturated rings. The highest BCUT2D eigenvalue weighted by Gasteiger charge is 2.17. The van der Waals surface area contributed by atoms with Gasteiger partial charge in [-0.15, -0.1) is 11.3 Å². The Hall–Kier alpha value is -0.850. The van der Waals surface area contributed by atoms with E-state index in [2.05, 4.69) is 15.9 Å². The summed E-state index contributed by atoms with van der Waals surface area (Å²) in [5.41, 5.74) is 6.93. The molecular weight excluding hydrogens is 322 g/mol. The standard InChI is InChI=1S/C11H10BrNO2S2/c12-10-6-9(13)4-3-8(10)7-17(14,15)11-2-1-5-16-11/h1-6H,7,13H2. The van der Waals surface area contributed by atoms with Gasteiger partial charge in [0, 0.05) is 10.2 Å². The quantitative estimate of drug-likeness (QED) is 0.879. The Labute approximate surface area is 112 Å². The van der Waals surface area contributed by atoms with Crippen LogP contribution >= 0.6 is 27.3 Å². The van der Waals surface area contributed by atoms with Gasteiger partial charge in [0.1, 0.15) is 4.21 Å². The van der Waals surface area contributed by atoms with Crippen molar-refractivity contribution >= 4 is 42.8 Å². The van der Waals surface area contributed by atoms with Gasteiger partial charge in [-0.3, -0.25) is 0 Å². The van der Waals surface area contributed by atoms with Crippen LogP contribution in [0.15, 0.2) is 44.4 Å². The first-order chi connectivity index (χ1) is 7.99. The van der Waals surface area contributed by atoms with Crippen LogP contribution in [0.4, 0.5) is 5.69 Å². The number of benzene rings is 1. The van der Waals surface area contributed by atoms with Crippen LogP contribution in [0.25, 0.3) is 0 Å². The van der Waals surface area contributed by atoms with Crippen LogP contribution in [0.2, 0.25) is 0 Å². The summed E-state index contributed by atoms with van der Waals surface area (Å²) in [5, 5.41) is 1.75. The van der Waals surface area contributed by atoms with Crippen molar-refractivity contribution in [2.24, 2.45) is 0 Å². The predicted molar refractivity (Wildman–Crippen MR) is 73.8 cm³/mol. The Balaban J connectivity index is 2.33. The number of nitrogens with two attached hydrogens (primary N) is 1. The number of halogens is 1. The highest BCUT2D eigenvalue weighted by atomic mass is 79.9. The lowest BCUT2D eigenvalue weighted by Gasteiger charge is -2.05. The van der Waals surface area contributed by atoms with Gasteiger partial charge in [-0.05, 0) is 29.1 Å². The molecular formula is C11H10BrNO2S2. The summed E-state index contributed by atoms with van der Waals surface area (Å²) in [4.78, 5) is 0. The second kappa shape index (κ2) is 4.80. The second-order valence-electron chi connectivity index (χ2n) is 3.54. The van der Waals surface area contributed by atoms with Crippen LogP contribution < -0.4 is 5.73 Å². The van der Waals surface area contributed by atoms with Gasteiger partial charge in [0.2, 0.25) is 0 Å². The van der Waals surface area contributed by atoms with Gasteiger partial charge in [0.25, 0.3) is 0 Å². The molecule has 0 atom stereocenters. The van der Waals surface area contributed by atoms with E-state index in [0.717, 1.165) is 4.47 Å². The Kier molecular flexibility index (Phi) is 3.56. The maximum Gasteiger partial charge on any atom is 0.191 e. The maximum atomic E-state index is 12.1. The van der Waals surface area contributed by atoms with Crippen LogP contribution in [0.3, 0.4) is 0 Å². The fourth-order valence-corrected chi connectivity index (χ4v) is 4.59. The SMILES string of the molecule is Nc1ccc(CS(=O)(=O)c2cccs2)c(Br)c1. The third-order valence-electron chi connectivity index (χ3n) is 2.22. The van der Waals surface area contributed by atoms with Gasteiger partial charge in [0.05, 0.1) is 5.75 Å². The van der Waals surface area contributed by atoms with Crippen molar-refractivity contribution in [3.05, 3.63) is 45.7 Å². The summed E-state index contributed by atoms with van der Waals surface area (Å²) in [6.07, 6.45) is 0. The van der Waals surface area contributed by atoms with Crippen molar-refractivity contribution in [3.8, 4) is 0 Å². The monoisotopic (exact) mass is 331 g/mol. The molecule has 2 rings (SSSR count). The molecule has 3 nitrogen and oxygen atoms in total. The zero-order chi connectivity index (χ0) is 12.5. The van der Waals surface area contributed by atoms with E-state index in [1.165, 1.54) is 11.3 Å². The molecule has 1 aromatic heterocycles. The first-order valence-corrected chi connectivity index (χ1v) is 8.12. The number of rotatable bonds is 3. The normalized spacial score (nSPS) is 11.6. The number of hydrogen-bond donors (Lipinski definition) is 1. The van der Waals surface area contributed by atoms with E-state index in [-0.39, 0.29) is 5.75 Å². The Morgan fingerprint density at radius 1 is 1.29 bits per heavy atom. The minimum Gasteiger partial charge on any atom is -0.399 e. The van der Waals surface area contributed by atoms with Crippen molar-refractivity contribution in [2.45, 2.75) is 9.96 Å². The summed E-state index contributed by atoms with van der Waals surface area (Å²) in [6.45, 7) is 0. The summed E-state index contributed by atoms with van der Waals surface area (Å²) in [5.74, 6) is -0.0195. The number of thiophene rings is 1. The van der Waals surface area contributed by atoms with E-state index in [0.29, 0.717) is 15.5 Å². The van der Waals surface area contributed by atoms with Crippen LogP contribution in [0.5, 0.6) is 0 Å². The molecule has 0 bridgehead atoms. The molecule has 0 aliphatic carbocycles. The van der Waals surface area contributed by atoms with Crippen molar-refractivity contribution in [1.29, 1.82) is 0 Å². The molecule has 0 unspecified atom stereocenters. The topological polar surface area (TPSA) is 60.2 Å². The molecule has 17 heavy (non-hydrogen) atoms. The zero-order valence-corrected chi connectivity index (χ0v) is 12.0. The van der Waals surface area contributed by atoms with Crippen molar-refractivity contribution in [1.82, 2.24) is 0 Å². The molecule has 0 aliphatic heterocycles. The average Bonchev–Trinajstić information content (AvgIpc) is 2.76. The fourth-order valence-electron chi connectivity index (χ4n) is 1.40. The van der Waals surface area contributed by atoms with Crippen LogP contribution in [-0.2, 0) is 15.6 Å². The number of nitrogen functional groups attached to an aromatic ring is 1. The molecule has 0 aliphatic rings. The first kappa shape index (κ1) is 12.6. The van der Waals surface area contributed by atoms with E-state index < -0.39 is 9.84 Å². The van der Waals surface area contributed by atoms with Crippen LogP contribution in [-0.4, -0.2) is 8.42 Å². The Morgan fingerprint density at radius 3 is 2.65 bits per heavy atom.